The molecule has 2 aliphatic rings. The van der Waals surface area contributed by atoms with Crippen molar-refractivity contribution in [2.75, 3.05) is 19.8 Å². The molecule has 70 valence electrons. The summed E-state index contributed by atoms with van der Waals surface area (Å²) in [4.78, 5) is 13.3. The Hall–Kier alpha value is -1.08. The summed E-state index contributed by atoms with van der Waals surface area (Å²) >= 11 is 0. The van der Waals surface area contributed by atoms with E-state index in [1.807, 2.05) is 0 Å². The third kappa shape index (κ3) is 1.65. The van der Waals surface area contributed by atoms with Gasteiger partial charge in [0.15, 0.2) is 0 Å². The van der Waals surface area contributed by atoms with Crippen molar-refractivity contribution in [1.82, 2.24) is 4.90 Å². The van der Waals surface area contributed by atoms with Gasteiger partial charge in [-0.25, -0.2) is 0 Å². The van der Waals surface area contributed by atoms with E-state index in [0.29, 0.717) is 19.8 Å². The van der Waals surface area contributed by atoms with Crippen molar-refractivity contribution in [2.45, 2.75) is 18.9 Å². The Balaban J connectivity index is 2.01. The predicted molar refractivity (Wildman–Crippen MR) is 44.7 cm³/mol. The number of ether oxygens (including phenoxy) is 1. The number of rotatable bonds is 1. The molecule has 0 spiro atoms. The average Bonchev–Trinajstić information content (AvgIpc) is 3.00. The van der Waals surface area contributed by atoms with E-state index in [4.69, 9.17) is 10.00 Å². The molecule has 1 aliphatic carbocycles. The van der Waals surface area contributed by atoms with Crippen LogP contribution >= 0.6 is 0 Å². The van der Waals surface area contributed by atoms with Gasteiger partial charge in [-0.2, -0.15) is 5.26 Å². The van der Waals surface area contributed by atoms with Gasteiger partial charge in [-0.1, -0.05) is 0 Å². The molecule has 13 heavy (non-hydrogen) atoms. The van der Waals surface area contributed by atoms with E-state index in [1.54, 1.807) is 4.90 Å². The van der Waals surface area contributed by atoms with Crippen molar-refractivity contribution in [3.05, 3.63) is 0 Å². The number of morpholine rings is 1. The summed E-state index contributed by atoms with van der Waals surface area (Å²) in [6.45, 7) is 1.51. The summed E-state index contributed by atoms with van der Waals surface area (Å²) in [5, 5.41) is 8.79. The van der Waals surface area contributed by atoms with Crippen molar-refractivity contribution in [3.63, 3.8) is 0 Å². The van der Waals surface area contributed by atoms with E-state index in [2.05, 4.69) is 6.07 Å². The lowest BCUT2D eigenvalue weighted by molar-refractivity contribution is -0.139. The largest absolute Gasteiger partial charge is 0.376 e. The molecule has 4 heteroatoms. The minimum atomic E-state index is -0.359. The second-order valence-corrected chi connectivity index (χ2v) is 3.53. The van der Waals surface area contributed by atoms with Crippen LogP contribution in [0.4, 0.5) is 0 Å². The van der Waals surface area contributed by atoms with Crippen LogP contribution in [0.15, 0.2) is 0 Å². The third-order valence-corrected chi connectivity index (χ3v) is 2.49. The van der Waals surface area contributed by atoms with Crippen LogP contribution in [0.1, 0.15) is 12.8 Å². The second kappa shape index (κ2) is 3.35. The zero-order valence-corrected chi connectivity index (χ0v) is 7.40. The maximum absolute atomic E-state index is 11.6. The van der Waals surface area contributed by atoms with Crippen LogP contribution in [0, 0.1) is 17.2 Å². The van der Waals surface area contributed by atoms with Crippen LogP contribution in [0.3, 0.4) is 0 Å². The molecule has 1 aliphatic heterocycles. The Morgan fingerprint density at radius 3 is 2.92 bits per heavy atom. The molecule has 1 saturated heterocycles. The van der Waals surface area contributed by atoms with E-state index in [-0.39, 0.29) is 17.9 Å². The molecule has 2 fully saturated rings. The monoisotopic (exact) mass is 180 g/mol. The fourth-order valence-electron chi connectivity index (χ4n) is 1.54. The highest BCUT2D eigenvalue weighted by atomic mass is 16.5. The van der Waals surface area contributed by atoms with Crippen LogP contribution in [-0.2, 0) is 9.53 Å². The normalized spacial score (nSPS) is 28.2. The van der Waals surface area contributed by atoms with Crippen LogP contribution in [0.5, 0.6) is 0 Å². The minimum absolute atomic E-state index is 0.148. The van der Waals surface area contributed by atoms with Crippen molar-refractivity contribution in [2.24, 2.45) is 5.92 Å². The molecule has 0 bridgehead atoms. The maximum Gasteiger partial charge on any atom is 0.226 e. The molecule has 2 rings (SSSR count). The predicted octanol–water partition coefficient (Wildman–Crippen LogP) is 0.147. The lowest BCUT2D eigenvalue weighted by Crippen LogP contribution is -2.48. The molecule has 0 aromatic carbocycles. The molecule has 1 heterocycles. The van der Waals surface area contributed by atoms with Gasteiger partial charge in [0.1, 0.15) is 6.04 Å². The summed E-state index contributed by atoms with van der Waals surface area (Å²) in [6, 6.07) is 1.74. The summed E-state index contributed by atoms with van der Waals surface area (Å²) < 4.78 is 5.14. The Morgan fingerprint density at radius 2 is 2.31 bits per heavy atom. The molecule has 0 aromatic heterocycles. The Bertz CT molecular complexity index is 255. The summed E-state index contributed by atoms with van der Waals surface area (Å²) in [5.74, 6) is 0.351. The zero-order chi connectivity index (χ0) is 9.26. The van der Waals surface area contributed by atoms with Gasteiger partial charge in [0.2, 0.25) is 5.91 Å². The number of hydrogen-bond donors (Lipinski definition) is 0. The lowest BCUT2D eigenvalue weighted by atomic mass is 10.2. The topological polar surface area (TPSA) is 53.3 Å². The molecule has 0 radical (unpaired) electrons. The van der Waals surface area contributed by atoms with E-state index >= 15 is 0 Å². The first-order valence-electron chi connectivity index (χ1n) is 4.61. The van der Waals surface area contributed by atoms with Gasteiger partial charge in [0.25, 0.3) is 0 Å². The summed E-state index contributed by atoms with van der Waals surface area (Å²) in [6.07, 6.45) is 1.99. The Morgan fingerprint density at radius 1 is 1.54 bits per heavy atom. The first kappa shape index (κ1) is 8.52. The lowest BCUT2D eigenvalue weighted by Gasteiger charge is -2.31. The smallest absolute Gasteiger partial charge is 0.226 e. The second-order valence-electron chi connectivity index (χ2n) is 3.53. The SMILES string of the molecule is N#CC1COCCN1C(=O)C1CC1. The van der Waals surface area contributed by atoms with E-state index < -0.39 is 0 Å². The van der Waals surface area contributed by atoms with Gasteiger partial charge < -0.3 is 9.64 Å². The van der Waals surface area contributed by atoms with E-state index in [1.165, 1.54) is 0 Å². The molecular weight excluding hydrogens is 168 g/mol. The quantitative estimate of drug-likeness (QED) is 0.577. The molecule has 1 unspecified atom stereocenters. The van der Waals surface area contributed by atoms with Crippen molar-refractivity contribution >= 4 is 5.91 Å². The van der Waals surface area contributed by atoms with Crippen LogP contribution in [0.25, 0.3) is 0 Å². The summed E-state index contributed by atoms with van der Waals surface area (Å²) in [7, 11) is 0. The fourth-order valence-corrected chi connectivity index (χ4v) is 1.54. The van der Waals surface area contributed by atoms with Gasteiger partial charge >= 0.3 is 0 Å². The van der Waals surface area contributed by atoms with Crippen LogP contribution in [-0.4, -0.2) is 36.6 Å². The highest BCUT2D eigenvalue weighted by Crippen LogP contribution is 2.31. The van der Waals surface area contributed by atoms with E-state index in [9.17, 15) is 4.79 Å². The van der Waals surface area contributed by atoms with Gasteiger partial charge in [0, 0.05) is 12.5 Å². The number of hydrogen-bond acceptors (Lipinski definition) is 3. The van der Waals surface area contributed by atoms with Gasteiger partial charge in [-0.3, -0.25) is 4.79 Å². The molecule has 0 aromatic rings. The van der Waals surface area contributed by atoms with Crippen molar-refractivity contribution < 1.29 is 9.53 Å². The molecule has 1 atom stereocenters. The maximum atomic E-state index is 11.6. The number of carbonyl (C=O) groups excluding carboxylic acids is 1. The third-order valence-electron chi connectivity index (χ3n) is 2.49. The number of amides is 1. The Kier molecular flexibility index (Phi) is 2.19. The van der Waals surface area contributed by atoms with Gasteiger partial charge in [0.05, 0.1) is 19.3 Å². The van der Waals surface area contributed by atoms with Gasteiger partial charge in [-0.05, 0) is 12.8 Å². The number of nitrogens with zero attached hydrogens (tertiary/aromatic N) is 2. The highest BCUT2D eigenvalue weighted by molar-refractivity contribution is 5.81. The zero-order valence-electron chi connectivity index (χ0n) is 7.40. The first-order valence-corrected chi connectivity index (χ1v) is 4.61. The average molecular weight is 180 g/mol. The Labute approximate surface area is 77.1 Å². The van der Waals surface area contributed by atoms with Crippen LogP contribution < -0.4 is 0 Å². The first-order chi connectivity index (χ1) is 6.33. The van der Waals surface area contributed by atoms with Crippen molar-refractivity contribution in [1.29, 1.82) is 5.26 Å². The molecule has 0 N–H and O–H groups in total. The standard InChI is InChI=1S/C9H12N2O2/c10-5-8-6-13-4-3-11(8)9(12)7-1-2-7/h7-8H,1-4,6H2. The summed E-state index contributed by atoms with van der Waals surface area (Å²) in [5.41, 5.74) is 0. The highest BCUT2D eigenvalue weighted by Gasteiger charge is 2.37. The van der Waals surface area contributed by atoms with Gasteiger partial charge in [-0.15, -0.1) is 0 Å². The fraction of sp³-hybridized carbons (Fsp3) is 0.778. The van der Waals surface area contributed by atoms with Crippen LogP contribution in [0.2, 0.25) is 0 Å². The number of carbonyl (C=O) groups is 1. The molecule has 4 nitrogen and oxygen atoms in total. The molecular formula is C9H12N2O2. The van der Waals surface area contributed by atoms with Crippen molar-refractivity contribution in [3.8, 4) is 6.07 Å². The molecule has 1 amide bonds. The number of nitriles is 1. The molecule has 1 saturated carbocycles. The minimum Gasteiger partial charge on any atom is -0.376 e. The van der Waals surface area contributed by atoms with E-state index in [0.717, 1.165) is 12.8 Å².